The van der Waals surface area contributed by atoms with E-state index in [9.17, 15) is 22.8 Å². The van der Waals surface area contributed by atoms with Gasteiger partial charge in [0, 0.05) is 12.3 Å². The zero-order valence-electron chi connectivity index (χ0n) is 15.6. The fourth-order valence-corrected chi connectivity index (χ4v) is 2.91. The monoisotopic (exact) mass is 450 g/mol. The van der Waals surface area contributed by atoms with Gasteiger partial charge in [0.05, 0.1) is 22.0 Å². The number of anilines is 2. The highest BCUT2D eigenvalue weighted by Crippen LogP contribution is 2.38. The second-order valence-electron chi connectivity index (χ2n) is 6.17. The van der Waals surface area contributed by atoms with Crippen molar-refractivity contribution in [2.24, 2.45) is 11.5 Å². The highest BCUT2D eigenvalue weighted by atomic mass is 35.5. The van der Waals surface area contributed by atoms with Gasteiger partial charge in [-0.3, -0.25) is 14.7 Å². The van der Waals surface area contributed by atoms with Crippen LogP contribution in [0, 0.1) is 0 Å². The first-order valence-electron chi connectivity index (χ1n) is 8.56. The maximum atomic E-state index is 13.2. The molecule has 4 N–H and O–H groups in total. The summed E-state index contributed by atoms with van der Waals surface area (Å²) in [5, 5.41) is -0.503. The van der Waals surface area contributed by atoms with Crippen molar-refractivity contribution in [2.45, 2.75) is 6.18 Å². The van der Waals surface area contributed by atoms with Gasteiger partial charge in [0.1, 0.15) is 17.2 Å². The number of ether oxygens (including phenoxy) is 1. The molecule has 7 nitrogen and oxygen atoms in total. The lowest BCUT2D eigenvalue weighted by atomic mass is 10.1. The average Bonchev–Trinajstić information content (AvgIpc) is 2.70. The normalized spacial score (nSPS) is 11.1. The molecule has 31 heavy (non-hydrogen) atoms. The Hall–Kier alpha value is -3.79. The van der Waals surface area contributed by atoms with Crippen molar-refractivity contribution in [1.29, 1.82) is 0 Å². The van der Waals surface area contributed by atoms with Gasteiger partial charge in [-0.25, -0.2) is 4.79 Å². The number of nitrogens with two attached hydrogens (primary N) is 2. The molecular weight excluding hydrogens is 437 g/mol. The third kappa shape index (κ3) is 5.04. The highest BCUT2D eigenvalue weighted by molar-refractivity contribution is 6.31. The number of urea groups is 1. The molecule has 3 aromatic rings. The zero-order chi connectivity index (χ0) is 22.8. The number of carbonyl (C=O) groups is 2. The Kier molecular flexibility index (Phi) is 6.02. The van der Waals surface area contributed by atoms with E-state index in [2.05, 4.69) is 4.98 Å². The highest BCUT2D eigenvalue weighted by Gasteiger charge is 2.34. The van der Waals surface area contributed by atoms with Gasteiger partial charge in [0.25, 0.3) is 5.91 Å². The topological polar surface area (TPSA) is 112 Å². The molecule has 2 aromatic carbocycles. The molecule has 0 unspecified atom stereocenters. The molecule has 0 saturated carbocycles. The Balaban J connectivity index is 1.90. The summed E-state index contributed by atoms with van der Waals surface area (Å²) in [6.45, 7) is 0. The molecule has 0 bridgehead atoms. The van der Waals surface area contributed by atoms with Crippen molar-refractivity contribution in [3.8, 4) is 11.5 Å². The van der Waals surface area contributed by atoms with Crippen LogP contribution < -0.4 is 21.1 Å². The maximum absolute atomic E-state index is 13.2. The molecule has 0 aliphatic carbocycles. The lowest BCUT2D eigenvalue weighted by molar-refractivity contribution is -0.137. The molecule has 0 atom stereocenters. The van der Waals surface area contributed by atoms with Crippen LogP contribution in [0.5, 0.6) is 11.5 Å². The van der Waals surface area contributed by atoms with E-state index < -0.39 is 28.7 Å². The summed E-state index contributed by atoms with van der Waals surface area (Å²) in [7, 11) is 0. The quantitative estimate of drug-likeness (QED) is 0.578. The number of halogens is 4. The van der Waals surface area contributed by atoms with Crippen LogP contribution in [0.3, 0.4) is 0 Å². The van der Waals surface area contributed by atoms with Crippen LogP contribution in [0.4, 0.5) is 29.3 Å². The molecule has 0 spiro atoms. The third-order valence-electron chi connectivity index (χ3n) is 4.05. The van der Waals surface area contributed by atoms with Crippen molar-refractivity contribution < 1.29 is 27.5 Å². The Bertz CT molecular complexity index is 1140. The SMILES string of the molecule is NC(=O)c1cc(Oc2ccc(N(C(N)=O)c3ccc(Cl)c(C(F)(F)F)c3)cc2)ccn1. The average molecular weight is 451 g/mol. The lowest BCUT2D eigenvalue weighted by Gasteiger charge is -2.22. The number of hydrogen-bond acceptors (Lipinski definition) is 4. The van der Waals surface area contributed by atoms with Gasteiger partial charge in [0.15, 0.2) is 0 Å². The van der Waals surface area contributed by atoms with Crippen LogP contribution in [0.1, 0.15) is 16.1 Å². The maximum Gasteiger partial charge on any atom is 0.417 e. The van der Waals surface area contributed by atoms with E-state index in [0.29, 0.717) is 5.75 Å². The Morgan fingerprint density at radius 1 is 0.935 bits per heavy atom. The van der Waals surface area contributed by atoms with Gasteiger partial charge >= 0.3 is 12.2 Å². The summed E-state index contributed by atoms with van der Waals surface area (Å²) in [4.78, 5) is 27.9. The largest absolute Gasteiger partial charge is 0.457 e. The van der Waals surface area contributed by atoms with Crippen LogP contribution >= 0.6 is 11.6 Å². The second-order valence-corrected chi connectivity index (χ2v) is 6.58. The van der Waals surface area contributed by atoms with Crippen LogP contribution in [-0.4, -0.2) is 16.9 Å². The Morgan fingerprint density at radius 2 is 1.58 bits per heavy atom. The number of hydrogen-bond donors (Lipinski definition) is 2. The number of aromatic nitrogens is 1. The van der Waals surface area contributed by atoms with Crippen LogP contribution in [0.25, 0.3) is 0 Å². The summed E-state index contributed by atoms with van der Waals surface area (Å²) < 4.78 is 45.1. The Labute approximate surface area is 179 Å². The molecule has 1 aromatic heterocycles. The number of alkyl halides is 3. The second kappa shape index (κ2) is 8.52. The van der Waals surface area contributed by atoms with E-state index in [4.69, 9.17) is 27.8 Å². The number of pyridine rings is 1. The molecular formula is C20H14ClF3N4O3. The minimum absolute atomic E-state index is 0.0113. The molecule has 0 aliphatic rings. The molecule has 3 rings (SSSR count). The standard InChI is InChI=1S/C20H14ClF3N4O3/c21-16-6-3-12(9-15(16)20(22,23)24)28(19(26)30)11-1-4-13(5-2-11)31-14-7-8-27-17(10-14)18(25)29/h1-10H,(H2,25,29)(H2,26,30). The number of rotatable bonds is 5. The van der Waals surface area contributed by atoms with Crippen molar-refractivity contribution in [3.05, 3.63) is 77.1 Å². The van der Waals surface area contributed by atoms with Gasteiger partial charge in [-0.2, -0.15) is 13.2 Å². The van der Waals surface area contributed by atoms with E-state index in [1.54, 1.807) is 0 Å². The summed E-state index contributed by atoms with van der Waals surface area (Å²) >= 11 is 5.63. The summed E-state index contributed by atoms with van der Waals surface area (Å²) in [5.74, 6) is -0.114. The van der Waals surface area contributed by atoms with E-state index in [1.807, 2.05) is 0 Å². The van der Waals surface area contributed by atoms with Crippen LogP contribution in [-0.2, 0) is 6.18 Å². The first kappa shape index (κ1) is 21.9. The van der Waals surface area contributed by atoms with Gasteiger partial charge in [0.2, 0.25) is 0 Å². The fraction of sp³-hybridized carbons (Fsp3) is 0.0500. The molecule has 0 fully saturated rings. The summed E-state index contributed by atoms with van der Waals surface area (Å²) in [5.41, 5.74) is 9.57. The number of amides is 3. The van der Waals surface area contributed by atoms with Crippen molar-refractivity contribution in [1.82, 2.24) is 4.98 Å². The lowest BCUT2D eigenvalue weighted by Crippen LogP contribution is -2.31. The number of nitrogens with zero attached hydrogens (tertiary/aromatic N) is 2. The molecule has 0 radical (unpaired) electrons. The smallest absolute Gasteiger partial charge is 0.417 e. The fourth-order valence-electron chi connectivity index (χ4n) is 2.68. The van der Waals surface area contributed by atoms with Crippen LogP contribution in [0.15, 0.2) is 60.8 Å². The summed E-state index contributed by atoms with van der Waals surface area (Å²) in [6, 6.07) is 10.7. The minimum Gasteiger partial charge on any atom is -0.457 e. The number of benzene rings is 2. The van der Waals surface area contributed by atoms with Gasteiger partial charge in [-0.15, -0.1) is 0 Å². The molecule has 0 aliphatic heterocycles. The minimum atomic E-state index is -4.71. The van der Waals surface area contributed by atoms with Gasteiger partial charge in [-0.1, -0.05) is 11.6 Å². The van der Waals surface area contributed by atoms with Crippen molar-refractivity contribution >= 4 is 34.9 Å². The van der Waals surface area contributed by atoms with Crippen LogP contribution in [0.2, 0.25) is 5.02 Å². The van der Waals surface area contributed by atoms with Crippen molar-refractivity contribution in [3.63, 3.8) is 0 Å². The van der Waals surface area contributed by atoms with E-state index in [0.717, 1.165) is 17.0 Å². The van der Waals surface area contributed by atoms with E-state index in [1.165, 1.54) is 48.7 Å². The molecule has 3 amide bonds. The van der Waals surface area contributed by atoms with Gasteiger partial charge < -0.3 is 16.2 Å². The van der Waals surface area contributed by atoms with Gasteiger partial charge in [-0.05, 0) is 48.5 Å². The van der Waals surface area contributed by atoms with E-state index in [-0.39, 0.29) is 22.8 Å². The van der Waals surface area contributed by atoms with Crippen molar-refractivity contribution in [2.75, 3.05) is 4.90 Å². The molecule has 160 valence electrons. The Morgan fingerprint density at radius 3 is 2.16 bits per heavy atom. The molecule has 0 saturated heterocycles. The first-order valence-corrected chi connectivity index (χ1v) is 8.94. The van der Waals surface area contributed by atoms with E-state index >= 15 is 0 Å². The third-order valence-corrected chi connectivity index (χ3v) is 4.38. The number of carbonyl (C=O) groups excluding carboxylic acids is 2. The predicted octanol–water partition coefficient (Wildman–Crippen LogP) is 4.86. The number of primary amides is 2. The molecule has 11 heteroatoms. The first-order chi connectivity index (χ1) is 14.6. The predicted molar refractivity (Wildman–Crippen MR) is 107 cm³/mol. The summed E-state index contributed by atoms with van der Waals surface area (Å²) in [6.07, 6.45) is -3.36. The zero-order valence-corrected chi connectivity index (χ0v) is 16.3. The molecule has 1 heterocycles.